The second kappa shape index (κ2) is 15.6. The van der Waals surface area contributed by atoms with Crippen LogP contribution in [0.2, 0.25) is 0 Å². The van der Waals surface area contributed by atoms with Gasteiger partial charge in [0.05, 0.1) is 10.2 Å². The molecular weight excluding hydrogens is 751 g/mol. The fraction of sp³-hybridized carbons (Fsp3) is 0.424. The maximum absolute atomic E-state index is 13.7. The molecule has 0 unspecified atom stereocenters. The monoisotopic (exact) mass is 789 g/mol. The quantitative estimate of drug-likeness (QED) is 0.0688. The van der Waals surface area contributed by atoms with Crippen LogP contribution >= 0.6 is 45.8 Å². The zero-order valence-electron chi connectivity index (χ0n) is 30.2. The topological polar surface area (TPSA) is 207 Å². The lowest BCUT2D eigenvalue weighted by molar-refractivity contribution is -0.180. The van der Waals surface area contributed by atoms with Gasteiger partial charge in [-0.1, -0.05) is 22.4 Å². The first-order chi connectivity index (χ1) is 24.0. The molecule has 0 radical (unpaired) electrons. The molecule has 0 aliphatic carbocycles. The van der Waals surface area contributed by atoms with Gasteiger partial charge in [0.15, 0.2) is 26.0 Å². The minimum atomic E-state index is -1.58. The number of ether oxygens (including phenoxy) is 2. The lowest BCUT2D eigenvalue weighted by atomic mass is 10.1. The standard InChI is InChI=1S/C33H39N7O8S4/c1-30(2,3)45-25(43)32(7,8)47-39-21(18-15-49-27(34)35-18)23(41)38-28-36-19(16-50-28)22(40-48-33(9,10)26(44)46-31(4,5)6)24(42)52-29-37-17-13-11-12-14-20(17)51-29/h11-16H,1-10H3,(H2,34,35)(H,36,38,41)/b39-21-,40-22-. The number of oxime groups is 2. The normalized spacial score (nSPS) is 13.1. The number of hydrogen-bond acceptors (Lipinski definition) is 18. The molecule has 0 fully saturated rings. The molecule has 19 heteroatoms. The predicted molar refractivity (Wildman–Crippen MR) is 203 cm³/mol. The first kappa shape index (κ1) is 40.3. The molecule has 0 aliphatic heterocycles. The highest BCUT2D eigenvalue weighted by Crippen LogP contribution is 2.31. The van der Waals surface area contributed by atoms with E-state index in [0.717, 1.165) is 44.7 Å². The molecule has 1 aromatic carbocycles. The minimum Gasteiger partial charge on any atom is -0.457 e. The van der Waals surface area contributed by atoms with E-state index in [9.17, 15) is 19.2 Å². The van der Waals surface area contributed by atoms with Crippen molar-refractivity contribution in [3.05, 3.63) is 46.4 Å². The third kappa shape index (κ3) is 11.0. The molecule has 15 nitrogen and oxygen atoms in total. The summed E-state index contributed by atoms with van der Waals surface area (Å²) in [6.07, 6.45) is 0. The number of rotatable bonds is 12. The van der Waals surface area contributed by atoms with E-state index >= 15 is 0 Å². The number of nitrogens with two attached hydrogens (primary N) is 1. The van der Waals surface area contributed by atoms with Crippen molar-refractivity contribution in [1.82, 2.24) is 15.0 Å². The summed E-state index contributed by atoms with van der Waals surface area (Å²) in [7, 11) is 0. The maximum atomic E-state index is 13.7. The van der Waals surface area contributed by atoms with Crippen LogP contribution in [0.3, 0.4) is 0 Å². The zero-order chi connectivity index (χ0) is 38.6. The summed E-state index contributed by atoms with van der Waals surface area (Å²) in [6, 6.07) is 7.43. The van der Waals surface area contributed by atoms with E-state index in [0.29, 0.717) is 4.34 Å². The average molecular weight is 790 g/mol. The van der Waals surface area contributed by atoms with Crippen LogP contribution < -0.4 is 11.1 Å². The van der Waals surface area contributed by atoms with Gasteiger partial charge in [0.2, 0.25) is 16.3 Å². The van der Waals surface area contributed by atoms with Crippen molar-refractivity contribution in [1.29, 1.82) is 0 Å². The number of nitrogen functional groups attached to an aromatic ring is 1. The van der Waals surface area contributed by atoms with Crippen LogP contribution in [-0.2, 0) is 38.3 Å². The van der Waals surface area contributed by atoms with Gasteiger partial charge in [-0.3, -0.25) is 14.9 Å². The van der Waals surface area contributed by atoms with Crippen molar-refractivity contribution in [3.8, 4) is 0 Å². The smallest absolute Gasteiger partial charge is 0.353 e. The molecule has 0 aliphatic rings. The van der Waals surface area contributed by atoms with E-state index in [4.69, 9.17) is 24.9 Å². The van der Waals surface area contributed by atoms with Crippen molar-refractivity contribution < 1.29 is 38.3 Å². The fourth-order valence-corrected chi connectivity index (χ4v) is 6.74. The highest BCUT2D eigenvalue weighted by Gasteiger charge is 2.37. The fourth-order valence-electron chi connectivity index (χ4n) is 3.60. The number of anilines is 2. The van der Waals surface area contributed by atoms with Crippen molar-refractivity contribution in [2.75, 3.05) is 11.1 Å². The molecule has 0 atom stereocenters. The van der Waals surface area contributed by atoms with E-state index in [2.05, 4.69) is 30.6 Å². The van der Waals surface area contributed by atoms with E-state index in [1.807, 2.05) is 24.3 Å². The Morgan fingerprint density at radius 2 is 1.29 bits per heavy atom. The summed E-state index contributed by atoms with van der Waals surface area (Å²) < 4.78 is 12.2. The number of para-hydroxylation sites is 1. The minimum absolute atomic E-state index is 0.0394. The zero-order valence-corrected chi connectivity index (χ0v) is 33.4. The van der Waals surface area contributed by atoms with E-state index in [1.165, 1.54) is 49.8 Å². The summed E-state index contributed by atoms with van der Waals surface area (Å²) in [5, 5.41) is 13.3. The van der Waals surface area contributed by atoms with Crippen LogP contribution in [-0.4, -0.2) is 71.7 Å². The van der Waals surface area contributed by atoms with Crippen LogP contribution in [0.1, 0.15) is 80.6 Å². The number of nitrogens with zero attached hydrogens (tertiary/aromatic N) is 5. The van der Waals surface area contributed by atoms with Gasteiger partial charge in [-0.25, -0.2) is 24.5 Å². The molecular formula is C33H39N7O8S4. The Balaban J connectivity index is 1.63. The third-order valence-corrected chi connectivity index (χ3v) is 9.51. The Bertz CT molecular complexity index is 2000. The van der Waals surface area contributed by atoms with Crippen molar-refractivity contribution in [2.24, 2.45) is 10.3 Å². The van der Waals surface area contributed by atoms with E-state index < -0.39 is 45.4 Å². The first-order valence-corrected chi connectivity index (χ1v) is 19.0. The average Bonchev–Trinajstić information content (AvgIpc) is 3.75. The number of carbonyl (C=O) groups excluding carboxylic acids is 4. The van der Waals surface area contributed by atoms with Gasteiger partial charge in [0.1, 0.15) is 22.6 Å². The second-order valence-corrected chi connectivity index (χ2v) is 18.0. The van der Waals surface area contributed by atoms with Gasteiger partial charge in [0, 0.05) is 10.8 Å². The van der Waals surface area contributed by atoms with Gasteiger partial charge in [-0.2, -0.15) is 0 Å². The van der Waals surface area contributed by atoms with Gasteiger partial charge in [-0.15, -0.1) is 34.0 Å². The molecule has 52 heavy (non-hydrogen) atoms. The second-order valence-electron chi connectivity index (χ2n) is 14.0. The number of fused-ring (bicyclic) bond motifs is 1. The molecule has 0 saturated heterocycles. The van der Waals surface area contributed by atoms with Gasteiger partial charge < -0.3 is 24.9 Å². The highest BCUT2D eigenvalue weighted by atomic mass is 32.2. The highest BCUT2D eigenvalue weighted by molar-refractivity contribution is 8.16. The summed E-state index contributed by atoms with van der Waals surface area (Å²) in [4.78, 5) is 77.2. The largest absolute Gasteiger partial charge is 0.457 e. The van der Waals surface area contributed by atoms with Crippen molar-refractivity contribution in [2.45, 2.75) is 96.0 Å². The molecule has 3 N–H and O–H groups in total. The first-order valence-electron chi connectivity index (χ1n) is 15.6. The number of thiazole rings is 3. The predicted octanol–water partition coefficient (Wildman–Crippen LogP) is 6.43. The van der Waals surface area contributed by atoms with Gasteiger partial charge >= 0.3 is 11.9 Å². The molecule has 3 aromatic heterocycles. The number of amides is 1. The Morgan fingerprint density at radius 3 is 1.83 bits per heavy atom. The Kier molecular flexibility index (Phi) is 12.1. The van der Waals surface area contributed by atoms with Crippen LogP contribution in [0.4, 0.5) is 10.3 Å². The van der Waals surface area contributed by atoms with Crippen molar-refractivity contribution in [3.63, 3.8) is 0 Å². The van der Waals surface area contributed by atoms with Crippen LogP contribution in [0, 0.1) is 0 Å². The number of carbonyl (C=O) groups is 4. The maximum Gasteiger partial charge on any atom is 0.353 e. The third-order valence-electron chi connectivity index (χ3n) is 6.11. The Morgan fingerprint density at radius 1 is 0.750 bits per heavy atom. The number of hydrogen-bond donors (Lipinski definition) is 2. The van der Waals surface area contributed by atoms with E-state index in [1.54, 1.807) is 41.5 Å². The SMILES string of the molecule is CC(C)(C)OC(=O)C(C)(C)O/N=C(\C(=O)Nc1nc(/C(=N/OC(C)(C)C(=O)OC(C)(C)C)C(=O)Sc2nc3ccccc3s2)cs1)c1csc(N)n1. The molecule has 4 rings (SSSR count). The van der Waals surface area contributed by atoms with Crippen molar-refractivity contribution >= 4 is 101 Å². The van der Waals surface area contributed by atoms with E-state index in [-0.39, 0.29) is 33.1 Å². The molecule has 0 saturated carbocycles. The summed E-state index contributed by atoms with van der Waals surface area (Å²) in [5.41, 5.74) is 1.37. The molecule has 4 aromatic rings. The molecule has 0 spiro atoms. The summed E-state index contributed by atoms with van der Waals surface area (Å²) in [5.74, 6) is -2.21. The Labute approximate surface area is 316 Å². The summed E-state index contributed by atoms with van der Waals surface area (Å²) >= 11 is 4.17. The van der Waals surface area contributed by atoms with Gasteiger partial charge in [-0.05, 0) is 93.1 Å². The van der Waals surface area contributed by atoms with Gasteiger partial charge in [0.25, 0.3) is 5.91 Å². The molecule has 278 valence electrons. The number of nitrogens with one attached hydrogen (secondary N) is 1. The number of benzene rings is 1. The lowest BCUT2D eigenvalue weighted by Crippen LogP contribution is -2.40. The number of esters is 2. The molecule has 3 heterocycles. The number of thioether (sulfide) groups is 1. The lowest BCUT2D eigenvalue weighted by Gasteiger charge is -2.26. The Hall–Kier alpha value is -4.46. The number of aromatic nitrogens is 3. The van der Waals surface area contributed by atoms with Crippen LogP contribution in [0.5, 0.6) is 0 Å². The molecule has 1 amide bonds. The van der Waals surface area contributed by atoms with Crippen LogP contribution in [0.15, 0.2) is 49.7 Å². The molecule has 0 bridgehead atoms. The van der Waals surface area contributed by atoms with Crippen LogP contribution in [0.25, 0.3) is 10.2 Å². The summed E-state index contributed by atoms with van der Waals surface area (Å²) in [6.45, 7) is 16.1.